The predicted molar refractivity (Wildman–Crippen MR) is 62.0 cm³/mol. The summed E-state index contributed by atoms with van der Waals surface area (Å²) in [6.07, 6.45) is 4.26. The lowest BCUT2D eigenvalue weighted by Gasteiger charge is -2.42. The Hall–Kier alpha value is -0.120. The van der Waals surface area contributed by atoms with Gasteiger partial charge in [0.1, 0.15) is 0 Å². The summed E-state index contributed by atoms with van der Waals surface area (Å²) in [5, 5.41) is 3.48. The van der Waals surface area contributed by atoms with Gasteiger partial charge < -0.3 is 5.32 Å². The van der Waals surface area contributed by atoms with Crippen molar-refractivity contribution in [1.29, 1.82) is 0 Å². The lowest BCUT2D eigenvalue weighted by Crippen LogP contribution is -2.55. The molecule has 0 aromatic carbocycles. The third-order valence-corrected chi connectivity index (χ3v) is 4.28. The molecule has 3 nitrogen and oxygen atoms in total. The van der Waals surface area contributed by atoms with Crippen LogP contribution in [0, 0.1) is 0 Å². The molecule has 3 rings (SSSR count). The zero-order valence-corrected chi connectivity index (χ0v) is 9.78. The SMILES string of the molecule is CC1CN(C2CCNC2)CCN1C1CC1. The van der Waals surface area contributed by atoms with E-state index in [0.29, 0.717) is 0 Å². The first-order valence-electron chi connectivity index (χ1n) is 6.55. The van der Waals surface area contributed by atoms with Gasteiger partial charge in [0.2, 0.25) is 0 Å². The van der Waals surface area contributed by atoms with Crippen LogP contribution in [0.4, 0.5) is 0 Å². The molecule has 3 aliphatic rings. The monoisotopic (exact) mass is 209 g/mol. The van der Waals surface area contributed by atoms with Gasteiger partial charge in [-0.3, -0.25) is 9.80 Å². The van der Waals surface area contributed by atoms with Crippen LogP contribution in [0.3, 0.4) is 0 Å². The van der Waals surface area contributed by atoms with Gasteiger partial charge in [0.05, 0.1) is 0 Å². The van der Waals surface area contributed by atoms with Crippen LogP contribution in [0.2, 0.25) is 0 Å². The summed E-state index contributed by atoms with van der Waals surface area (Å²) in [5.74, 6) is 0. The number of nitrogens with zero attached hydrogens (tertiary/aromatic N) is 2. The number of nitrogens with one attached hydrogen (secondary N) is 1. The molecule has 0 spiro atoms. The van der Waals surface area contributed by atoms with Gasteiger partial charge in [-0.05, 0) is 32.7 Å². The molecule has 2 aliphatic heterocycles. The molecule has 2 atom stereocenters. The summed E-state index contributed by atoms with van der Waals surface area (Å²) in [4.78, 5) is 5.45. The van der Waals surface area contributed by atoms with Crippen molar-refractivity contribution in [1.82, 2.24) is 15.1 Å². The van der Waals surface area contributed by atoms with Gasteiger partial charge in [0.25, 0.3) is 0 Å². The second kappa shape index (κ2) is 4.04. The Morgan fingerprint density at radius 2 is 1.93 bits per heavy atom. The molecular formula is C12H23N3. The van der Waals surface area contributed by atoms with Crippen molar-refractivity contribution < 1.29 is 0 Å². The molecule has 2 saturated heterocycles. The molecule has 86 valence electrons. The van der Waals surface area contributed by atoms with Crippen LogP contribution >= 0.6 is 0 Å². The van der Waals surface area contributed by atoms with Crippen molar-refractivity contribution in [3.63, 3.8) is 0 Å². The van der Waals surface area contributed by atoms with E-state index in [1.807, 2.05) is 0 Å². The maximum atomic E-state index is 3.48. The van der Waals surface area contributed by atoms with Crippen LogP contribution in [0.1, 0.15) is 26.2 Å². The smallest absolute Gasteiger partial charge is 0.0233 e. The number of piperazine rings is 1. The highest BCUT2D eigenvalue weighted by molar-refractivity contribution is 4.93. The molecule has 1 saturated carbocycles. The highest BCUT2D eigenvalue weighted by Gasteiger charge is 2.37. The van der Waals surface area contributed by atoms with Crippen LogP contribution in [-0.2, 0) is 0 Å². The predicted octanol–water partition coefficient (Wildman–Crippen LogP) is 0.517. The highest BCUT2D eigenvalue weighted by atomic mass is 15.3. The Bertz CT molecular complexity index is 221. The molecular weight excluding hydrogens is 186 g/mol. The average Bonchev–Trinajstić information content (AvgIpc) is 2.93. The number of hydrogen-bond acceptors (Lipinski definition) is 3. The third-order valence-electron chi connectivity index (χ3n) is 4.28. The minimum absolute atomic E-state index is 0.784. The number of hydrogen-bond donors (Lipinski definition) is 1. The van der Waals surface area contributed by atoms with Crippen molar-refractivity contribution in [2.75, 3.05) is 32.7 Å². The van der Waals surface area contributed by atoms with E-state index in [-0.39, 0.29) is 0 Å². The van der Waals surface area contributed by atoms with Gasteiger partial charge in [0, 0.05) is 44.3 Å². The van der Waals surface area contributed by atoms with Crippen molar-refractivity contribution >= 4 is 0 Å². The van der Waals surface area contributed by atoms with E-state index in [1.54, 1.807) is 0 Å². The van der Waals surface area contributed by atoms with Crippen LogP contribution in [-0.4, -0.2) is 60.6 Å². The summed E-state index contributed by atoms with van der Waals surface area (Å²) in [7, 11) is 0. The van der Waals surface area contributed by atoms with Gasteiger partial charge >= 0.3 is 0 Å². The fourth-order valence-electron chi connectivity index (χ4n) is 3.23. The largest absolute Gasteiger partial charge is 0.315 e. The normalized spacial score (nSPS) is 39.8. The molecule has 1 aliphatic carbocycles. The fourth-order valence-corrected chi connectivity index (χ4v) is 3.23. The molecule has 0 aromatic heterocycles. The van der Waals surface area contributed by atoms with Crippen LogP contribution in [0.5, 0.6) is 0 Å². The van der Waals surface area contributed by atoms with Crippen molar-refractivity contribution in [2.45, 2.75) is 44.3 Å². The van der Waals surface area contributed by atoms with E-state index in [1.165, 1.54) is 52.0 Å². The van der Waals surface area contributed by atoms with E-state index in [4.69, 9.17) is 0 Å². The van der Waals surface area contributed by atoms with E-state index in [9.17, 15) is 0 Å². The Labute approximate surface area is 92.8 Å². The van der Waals surface area contributed by atoms with E-state index < -0.39 is 0 Å². The fraction of sp³-hybridized carbons (Fsp3) is 1.00. The second-order valence-corrected chi connectivity index (χ2v) is 5.46. The molecule has 3 fully saturated rings. The molecule has 1 N–H and O–H groups in total. The molecule has 0 radical (unpaired) electrons. The lowest BCUT2D eigenvalue weighted by molar-refractivity contribution is 0.0552. The maximum absolute atomic E-state index is 3.48. The Kier molecular flexibility index (Phi) is 2.71. The first-order valence-corrected chi connectivity index (χ1v) is 6.55. The van der Waals surface area contributed by atoms with E-state index in [0.717, 1.165) is 18.1 Å². The minimum Gasteiger partial charge on any atom is -0.315 e. The Balaban J connectivity index is 1.56. The first-order chi connectivity index (χ1) is 7.34. The third kappa shape index (κ3) is 2.05. The summed E-state index contributed by atoms with van der Waals surface area (Å²) in [6.45, 7) is 8.75. The summed E-state index contributed by atoms with van der Waals surface area (Å²) >= 11 is 0. The van der Waals surface area contributed by atoms with Gasteiger partial charge in [0.15, 0.2) is 0 Å². The zero-order chi connectivity index (χ0) is 10.3. The lowest BCUT2D eigenvalue weighted by atomic mass is 10.1. The van der Waals surface area contributed by atoms with Crippen molar-refractivity contribution in [3.8, 4) is 0 Å². The molecule has 2 heterocycles. The Morgan fingerprint density at radius 3 is 2.53 bits per heavy atom. The standard InChI is InChI=1S/C12H23N3/c1-10-9-14(12-4-5-13-8-12)6-7-15(10)11-2-3-11/h10-13H,2-9H2,1H3. The quantitative estimate of drug-likeness (QED) is 0.715. The molecule has 0 aromatic rings. The van der Waals surface area contributed by atoms with E-state index >= 15 is 0 Å². The van der Waals surface area contributed by atoms with E-state index in [2.05, 4.69) is 22.0 Å². The maximum Gasteiger partial charge on any atom is 0.0233 e. The minimum atomic E-state index is 0.784. The summed E-state index contributed by atoms with van der Waals surface area (Å²) in [5.41, 5.74) is 0. The highest BCUT2D eigenvalue weighted by Crippen LogP contribution is 2.30. The summed E-state index contributed by atoms with van der Waals surface area (Å²) in [6, 6.07) is 2.56. The molecule has 15 heavy (non-hydrogen) atoms. The van der Waals surface area contributed by atoms with Crippen LogP contribution in [0.25, 0.3) is 0 Å². The zero-order valence-electron chi connectivity index (χ0n) is 9.78. The second-order valence-electron chi connectivity index (χ2n) is 5.46. The van der Waals surface area contributed by atoms with Gasteiger partial charge in [-0.25, -0.2) is 0 Å². The van der Waals surface area contributed by atoms with Crippen molar-refractivity contribution in [2.24, 2.45) is 0 Å². The van der Waals surface area contributed by atoms with Gasteiger partial charge in [-0.1, -0.05) is 0 Å². The van der Waals surface area contributed by atoms with Crippen LogP contribution < -0.4 is 5.32 Å². The van der Waals surface area contributed by atoms with Crippen LogP contribution in [0.15, 0.2) is 0 Å². The topological polar surface area (TPSA) is 18.5 Å². The molecule has 0 bridgehead atoms. The average molecular weight is 209 g/mol. The number of rotatable bonds is 2. The van der Waals surface area contributed by atoms with Gasteiger partial charge in [-0.15, -0.1) is 0 Å². The molecule has 3 heteroatoms. The van der Waals surface area contributed by atoms with Crippen molar-refractivity contribution in [3.05, 3.63) is 0 Å². The Morgan fingerprint density at radius 1 is 1.07 bits per heavy atom. The summed E-state index contributed by atoms with van der Waals surface area (Å²) < 4.78 is 0. The molecule has 0 amide bonds. The molecule has 2 unspecified atom stereocenters. The van der Waals surface area contributed by atoms with Gasteiger partial charge in [-0.2, -0.15) is 0 Å². The first kappa shape index (κ1) is 10.1.